The van der Waals surface area contributed by atoms with E-state index in [9.17, 15) is 9.59 Å². The van der Waals surface area contributed by atoms with Crippen LogP contribution in [0.5, 0.6) is 0 Å². The van der Waals surface area contributed by atoms with Gasteiger partial charge in [-0.1, -0.05) is 0 Å². The van der Waals surface area contributed by atoms with E-state index < -0.39 is 11.8 Å². The molecule has 5 nitrogen and oxygen atoms in total. The summed E-state index contributed by atoms with van der Waals surface area (Å²) in [6, 6.07) is 0. The molecule has 0 atom stereocenters. The van der Waals surface area contributed by atoms with Crippen molar-refractivity contribution >= 4 is 11.8 Å². The Kier molecular flexibility index (Phi) is 2.46. The summed E-state index contributed by atoms with van der Waals surface area (Å²) >= 11 is 0. The minimum Gasteiger partial charge on any atom is -0.463 e. The number of aryl methyl sites for hydroxylation is 2. The Balaban J connectivity index is 3.01. The maximum atomic E-state index is 11.3. The summed E-state index contributed by atoms with van der Waals surface area (Å²) in [6.45, 7) is 1.66. The van der Waals surface area contributed by atoms with Crippen molar-refractivity contribution in [3.8, 4) is 0 Å². The molecule has 0 fully saturated rings. The zero-order valence-corrected chi connectivity index (χ0v) is 7.70. The number of aromatic nitrogens is 2. The molecule has 0 N–H and O–H groups in total. The fraction of sp³-hybridized carbons (Fsp3) is 0.375. The van der Waals surface area contributed by atoms with Gasteiger partial charge in [0.2, 0.25) is 0 Å². The van der Waals surface area contributed by atoms with Crippen molar-refractivity contribution in [3.05, 3.63) is 17.5 Å². The number of hydrogen-bond donors (Lipinski definition) is 0. The van der Waals surface area contributed by atoms with E-state index in [2.05, 4.69) is 9.84 Å². The first-order valence-corrected chi connectivity index (χ1v) is 3.69. The van der Waals surface area contributed by atoms with E-state index in [-0.39, 0.29) is 5.56 Å². The van der Waals surface area contributed by atoms with Gasteiger partial charge in [0.25, 0.3) is 5.78 Å². The number of esters is 1. The molecule has 1 heterocycles. The first-order valence-electron chi connectivity index (χ1n) is 3.69. The molecule has 0 aliphatic carbocycles. The van der Waals surface area contributed by atoms with Crippen LogP contribution in [-0.2, 0) is 16.6 Å². The molecule has 0 unspecified atom stereocenters. The lowest BCUT2D eigenvalue weighted by Crippen LogP contribution is -2.15. The lowest BCUT2D eigenvalue weighted by Gasteiger charge is -1.94. The third kappa shape index (κ3) is 1.74. The molecule has 0 aliphatic heterocycles. The molecule has 1 rings (SSSR count). The van der Waals surface area contributed by atoms with E-state index in [4.69, 9.17) is 0 Å². The van der Waals surface area contributed by atoms with E-state index in [1.807, 2.05) is 0 Å². The number of methoxy groups -OCH3 is 1. The van der Waals surface area contributed by atoms with Crippen LogP contribution >= 0.6 is 0 Å². The van der Waals surface area contributed by atoms with Gasteiger partial charge in [-0.2, -0.15) is 5.10 Å². The van der Waals surface area contributed by atoms with Crippen LogP contribution in [0, 0.1) is 6.92 Å². The quantitative estimate of drug-likeness (QED) is 0.369. The number of hydrogen-bond acceptors (Lipinski definition) is 4. The molecule has 0 bridgehead atoms. The topological polar surface area (TPSA) is 61.2 Å². The summed E-state index contributed by atoms with van der Waals surface area (Å²) in [5.74, 6) is -1.52. The van der Waals surface area contributed by atoms with Crippen LogP contribution in [-0.4, -0.2) is 28.6 Å². The Morgan fingerprint density at radius 2 is 2.15 bits per heavy atom. The average molecular weight is 182 g/mol. The first kappa shape index (κ1) is 9.44. The molecule has 0 aromatic carbocycles. The lowest BCUT2D eigenvalue weighted by molar-refractivity contribution is -0.135. The van der Waals surface area contributed by atoms with Crippen LogP contribution in [0.4, 0.5) is 0 Å². The number of Topliss-reactive ketones (excluding diaryl/α,β-unsaturated/α-hetero) is 1. The first-order chi connectivity index (χ1) is 6.06. The van der Waals surface area contributed by atoms with Crippen LogP contribution in [0.25, 0.3) is 0 Å². The summed E-state index contributed by atoms with van der Waals surface area (Å²) in [4.78, 5) is 22.1. The van der Waals surface area contributed by atoms with Gasteiger partial charge in [-0.05, 0) is 6.92 Å². The van der Waals surface area contributed by atoms with Crippen molar-refractivity contribution in [2.75, 3.05) is 7.11 Å². The van der Waals surface area contributed by atoms with Gasteiger partial charge in [0.15, 0.2) is 0 Å². The Labute approximate surface area is 75.3 Å². The van der Waals surface area contributed by atoms with Crippen molar-refractivity contribution in [1.82, 2.24) is 9.78 Å². The molecular weight excluding hydrogens is 172 g/mol. The van der Waals surface area contributed by atoms with E-state index in [1.165, 1.54) is 18.0 Å². The van der Waals surface area contributed by atoms with Crippen LogP contribution in [0.15, 0.2) is 6.20 Å². The highest BCUT2D eigenvalue weighted by Crippen LogP contribution is 2.06. The maximum absolute atomic E-state index is 11.3. The molecule has 0 saturated heterocycles. The summed E-state index contributed by atoms with van der Waals surface area (Å²) < 4.78 is 5.78. The lowest BCUT2D eigenvalue weighted by atomic mass is 10.2. The molecule has 5 heteroatoms. The Hall–Kier alpha value is -1.65. The smallest absolute Gasteiger partial charge is 0.379 e. The highest BCUT2D eigenvalue weighted by atomic mass is 16.5. The van der Waals surface area contributed by atoms with E-state index in [1.54, 1.807) is 14.0 Å². The van der Waals surface area contributed by atoms with Crippen molar-refractivity contribution in [3.63, 3.8) is 0 Å². The van der Waals surface area contributed by atoms with Crippen LogP contribution in [0.3, 0.4) is 0 Å². The van der Waals surface area contributed by atoms with E-state index in [0.717, 1.165) is 0 Å². The Morgan fingerprint density at radius 1 is 1.54 bits per heavy atom. The van der Waals surface area contributed by atoms with Crippen molar-refractivity contribution in [1.29, 1.82) is 0 Å². The highest BCUT2D eigenvalue weighted by Gasteiger charge is 2.20. The third-order valence-electron chi connectivity index (χ3n) is 1.63. The molecular formula is C8H10N2O3. The van der Waals surface area contributed by atoms with Crippen LogP contribution < -0.4 is 0 Å². The van der Waals surface area contributed by atoms with Gasteiger partial charge in [-0.3, -0.25) is 9.48 Å². The zero-order valence-electron chi connectivity index (χ0n) is 7.70. The van der Waals surface area contributed by atoms with Gasteiger partial charge in [0, 0.05) is 13.2 Å². The third-order valence-corrected chi connectivity index (χ3v) is 1.63. The molecule has 13 heavy (non-hydrogen) atoms. The molecule has 0 amide bonds. The second-order valence-corrected chi connectivity index (χ2v) is 2.62. The van der Waals surface area contributed by atoms with Gasteiger partial charge in [-0.15, -0.1) is 0 Å². The summed E-state index contributed by atoms with van der Waals surface area (Å²) in [6.07, 6.45) is 1.49. The second kappa shape index (κ2) is 3.38. The fourth-order valence-electron chi connectivity index (χ4n) is 1.03. The maximum Gasteiger partial charge on any atom is 0.379 e. The van der Waals surface area contributed by atoms with Crippen molar-refractivity contribution in [2.45, 2.75) is 6.92 Å². The van der Waals surface area contributed by atoms with E-state index >= 15 is 0 Å². The SMILES string of the molecule is COC(=O)C(=O)c1cn(C)nc1C. The fourth-order valence-corrected chi connectivity index (χ4v) is 1.03. The standard InChI is InChI=1S/C8H10N2O3/c1-5-6(4-10(2)9-5)7(11)8(12)13-3/h4H,1-3H3. The highest BCUT2D eigenvalue weighted by molar-refractivity contribution is 6.40. The molecule has 70 valence electrons. The largest absolute Gasteiger partial charge is 0.463 e. The number of ether oxygens (including phenoxy) is 1. The number of nitrogens with zero attached hydrogens (tertiary/aromatic N) is 2. The Morgan fingerprint density at radius 3 is 2.54 bits per heavy atom. The normalized spacial score (nSPS) is 9.77. The van der Waals surface area contributed by atoms with Gasteiger partial charge in [0.1, 0.15) is 0 Å². The number of carbonyl (C=O) groups is 2. The summed E-state index contributed by atoms with van der Waals surface area (Å²) in [5, 5.41) is 3.94. The van der Waals surface area contributed by atoms with Gasteiger partial charge < -0.3 is 4.74 Å². The van der Waals surface area contributed by atoms with Crippen molar-refractivity contribution < 1.29 is 14.3 Å². The minimum atomic E-state index is -0.865. The van der Waals surface area contributed by atoms with Gasteiger partial charge in [0.05, 0.1) is 18.4 Å². The average Bonchev–Trinajstić information content (AvgIpc) is 2.42. The zero-order chi connectivity index (χ0) is 10.0. The molecule has 0 saturated carbocycles. The predicted octanol–water partition coefficient (Wildman–Crippen LogP) is 0.0842. The predicted molar refractivity (Wildman–Crippen MR) is 44.3 cm³/mol. The Bertz CT molecular complexity index is 354. The monoisotopic (exact) mass is 182 g/mol. The van der Waals surface area contributed by atoms with E-state index in [0.29, 0.717) is 5.69 Å². The van der Waals surface area contributed by atoms with Crippen LogP contribution in [0.1, 0.15) is 16.1 Å². The van der Waals surface area contributed by atoms with Crippen LogP contribution in [0.2, 0.25) is 0 Å². The number of ketones is 1. The van der Waals surface area contributed by atoms with Gasteiger partial charge >= 0.3 is 5.97 Å². The molecule has 1 aromatic heterocycles. The summed E-state index contributed by atoms with van der Waals surface area (Å²) in [5.41, 5.74) is 0.812. The molecule has 0 spiro atoms. The molecule has 1 aromatic rings. The van der Waals surface area contributed by atoms with Gasteiger partial charge in [-0.25, -0.2) is 4.79 Å². The number of carbonyl (C=O) groups excluding carboxylic acids is 2. The second-order valence-electron chi connectivity index (χ2n) is 2.62. The van der Waals surface area contributed by atoms with Crippen molar-refractivity contribution in [2.24, 2.45) is 7.05 Å². The summed E-state index contributed by atoms with van der Waals surface area (Å²) in [7, 11) is 2.85. The molecule has 0 aliphatic rings. The minimum absolute atomic E-state index is 0.286. The molecule has 0 radical (unpaired) electrons. The number of rotatable bonds is 2.